The number of hydrogen-bond acceptors (Lipinski definition) is 9. The van der Waals surface area contributed by atoms with Crippen molar-refractivity contribution in [3.8, 4) is 11.4 Å². The number of ether oxygens (including phenoxy) is 1. The summed E-state index contributed by atoms with van der Waals surface area (Å²) >= 11 is 0. The molecule has 1 N–H and O–H groups in total. The zero-order valence-electron chi connectivity index (χ0n) is 20.2. The van der Waals surface area contributed by atoms with Gasteiger partial charge in [-0.1, -0.05) is 6.42 Å². The number of aryl methyl sites for hydroxylation is 1. The molecule has 2 saturated heterocycles. The van der Waals surface area contributed by atoms with E-state index in [4.69, 9.17) is 4.74 Å². The fourth-order valence-electron chi connectivity index (χ4n) is 5.20. The smallest absolute Gasteiger partial charge is 0.368 e. The van der Waals surface area contributed by atoms with Crippen LogP contribution in [0.1, 0.15) is 32.1 Å². The first-order valence-electron chi connectivity index (χ1n) is 11.9. The van der Waals surface area contributed by atoms with Gasteiger partial charge in [0.1, 0.15) is 5.75 Å². The van der Waals surface area contributed by atoms with E-state index in [1.807, 2.05) is 11.9 Å². The summed E-state index contributed by atoms with van der Waals surface area (Å²) in [5.41, 5.74) is 0.632. The normalized spacial score (nSPS) is 20.3. The van der Waals surface area contributed by atoms with E-state index in [9.17, 15) is 9.18 Å². The average Bonchev–Trinajstić information content (AvgIpc) is 3.22. The number of hydrogen-bond donors (Lipinski definition) is 1. The molecule has 0 spiro atoms. The van der Waals surface area contributed by atoms with Gasteiger partial charge in [-0.2, -0.15) is 14.3 Å². The van der Waals surface area contributed by atoms with E-state index in [-0.39, 0.29) is 17.8 Å². The monoisotopic (exact) mass is 483 g/mol. The van der Waals surface area contributed by atoms with Crippen molar-refractivity contribution in [2.45, 2.75) is 44.2 Å². The second kappa shape index (κ2) is 9.61. The van der Waals surface area contributed by atoms with Crippen LogP contribution in [0.25, 0.3) is 5.69 Å². The Morgan fingerprint density at radius 3 is 2.74 bits per heavy atom. The van der Waals surface area contributed by atoms with Gasteiger partial charge in [0.15, 0.2) is 11.6 Å². The SMILES string of the molecule is COc1cc(Nc2ncc(F)c(N(C)[C@H]3CCCN4CCCC[C@H]34)n2)cc(-n2nnn(C)c2=O)c1. The van der Waals surface area contributed by atoms with Gasteiger partial charge in [-0.25, -0.2) is 14.2 Å². The Labute approximate surface area is 202 Å². The number of halogens is 1. The molecule has 35 heavy (non-hydrogen) atoms. The van der Waals surface area contributed by atoms with Crippen LogP contribution in [0.5, 0.6) is 5.75 Å². The Hall–Kier alpha value is -3.54. The van der Waals surface area contributed by atoms with E-state index in [1.54, 1.807) is 18.2 Å². The number of nitrogens with one attached hydrogen (secondary N) is 1. The molecule has 0 radical (unpaired) electrons. The summed E-state index contributed by atoms with van der Waals surface area (Å²) in [5.74, 6) is 0.563. The van der Waals surface area contributed by atoms with Gasteiger partial charge in [-0.3, -0.25) is 4.90 Å². The number of piperidine rings is 2. The van der Waals surface area contributed by atoms with Crippen LogP contribution in [0.3, 0.4) is 0 Å². The van der Waals surface area contributed by atoms with Crippen LogP contribution in [0, 0.1) is 5.82 Å². The maximum absolute atomic E-state index is 14.9. The van der Waals surface area contributed by atoms with Crippen molar-refractivity contribution in [3.05, 3.63) is 40.7 Å². The van der Waals surface area contributed by atoms with Gasteiger partial charge < -0.3 is 15.0 Å². The van der Waals surface area contributed by atoms with E-state index in [2.05, 4.69) is 30.6 Å². The Kier molecular flexibility index (Phi) is 6.37. The topological polar surface area (TPSA) is 106 Å². The predicted octanol–water partition coefficient (Wildman–Crippen LogP) is 2.10. The molecule has 2 fully saturated rings. The van der Waals surface area contributed by atoms with Gasteiger partial charge in [0, 0.05) is 44.0 Å². The molecular weight excluding hydrogens is 453 g/mol. The first-order chi connectivity index (χ1) is 16.9. The fourth-order valence-corrected chi connectivity index (χ4v) is 5.20. The zero-order chi connectivity index (χ0) is 24.5. The summed E-state index contributed by atoms with van der Waals surface area (Å²) in [6, 6.07) is 5.73. The maximum atomic E-state index is 14.9. The Morgan fingerprint density at radius 2 is 1.97 bits per heavy atom. The minimum atomic E-state index is -0.455. The van der Waals surface area contributed by atoms with Gasteiger partial charge >= 0.3 is 5.69 Å². The summed E-state index contributed by atoms with van der Waals surface area (Å²) in [5, 5.41) is 10.8. The highest BCUT2D eigenvalue weighted by molar-refractivity contribution is 5.62. The van der Waals surface area contributed by atoms with Crippen LogP contribution in [0.4, 0.5) is 21.8 Å². The molecule has 0 bridgehead atoms. The molecule has 12 heteroatoms. The molecule has 0 unspecified atom stereocenters. The highest BCUT2D eigenvalue weighted by Crippen LogP contribution is 2.32. The van der Waals surface area contributed by atoms with Crippen molar-refractivity contribution in [2.75, 3.05) is 37.5 Å². The molecule has 0 saturated carbocycles. The Bertz CT molecular complexity index is 1260. The lowest BCUT2D eigenvalue weighted by molar-refractivity contribution is 0.0891. The Morgan fingerprint density at radius 1 is 1.14 bits per heavy atom. The number of rotatable bonds is 6. The zero-order valence-corrected chi connectivity index (χ0v) is 20.2. The average molecular weight is 484 g/mol. The van der Waals surface area contributed by atoms with Gasteiger partial charge in [-0.15, -0.1) is 0 Å². The summed E-state index contributed by atoms with van der Waals surface area (Å²) in [6.07, 6.45) is 6.86. The van der Waals surface area contributed by atoms with Crippen LogP contribution in [0.2, 0.25) is 0 Å². The van der Waals surface area contributed by atoms with Crippen LogP contribution in [0.15, 0.2) is 29.2 Å². The van der Waals surface area contributed by atoms with Gasteiger partial charge in [0.05, 0.1) is 19.0 Å². The summed E-state index contributed by atoms with van der Waals surface area (Å²) in [4.78, 5) is 25.5. The molecular formula is C23H30FN9O2. The minimum absolute atomic E-state index is 0.202. The number of likely N-dealkylation sites (N-methyl/N-ethyl adjacent to an activating group) is 1. The third-order valence-electron chi connectivity index (χ3n) is 6.96. The Balaban J connectivity index is 1.43. The summed E-state index contributed by atoms with van der Waals surface area (Å²) in [7, 11) is 4.97. The van der Waals surface area contributed by atoms with Crippen molar-refractivity contribution < 1.29 is 9.13 Å². The molecule has 2 aliphatic rings. The van der Waals surface area contributed by atoms with Crippen LogP contribution >= 0.6 is 0 Å². The van der Waals surface area contributed by atoms with E-state index in [1.165, 1.54) is 33.2 Å². The lowest BCUT2D eigenvalue weighted by Gasteiger charge is -2.47. The molecule has 0 aliphatic carbocycles. The minimum Gasteiger partial charge on any atom is -0.497 e. The van der Waals surface area contributed by atoms with Crippen LogP contribution in [-0.2, 0) is 7.05 Å². The van der Waals surface area contributed by atoms with Gasteiger partial charge in [-0.05, 0) is 55.3 Å². The number of methoxy groups -OCH3 is 1. The highest BCUT2D eigenvalue weighted by atomic mass is 19.1. The van der Waals surface area contributed by atoms with Crippen molar-refractivity contribution in [1.29, 1.82) is 0 Å². The van der Waals surface area contributed by atoms with Crippen molar-refractivity contribution in [1.82, 2.24) is 34.7 Å². The molecule has 0 amide bonds. The first-order valence-corrected chi connectivity index (χ1v) is 11.9. The highest BCUT2D eigenvalue weighted by Gasteiger charge is 2.36. The van der Waals surface area contributed by atoms with E-state index in [0.717, 1.165) is 41.7 Å². The first kappa shape index (κ1) is 23.2. The molecule has 186 valence electrons. The number of benzene rings is 1. The van der Waals surface area contributed by atoms with Gasteiger partial charge in [0.25, 0.3) is 0 Å². The largest absolute Gasteiger partial charge is 0.497 e. The third-order valence-corrected chi connectivity index (χ3v) is 6.96. The maximum Gasteiger partial charge on any atom is 0.368 e. The number of nitrogens with zero attached hydrogens (tertiary/aromatic N) is 8. The number of tetrazole rings is 1. The second-order valence-electron chi connectivity index (χ2n) is 9.13. The van der Waals surface area contributed by atoms with Crippen molar-refractivity contribution in [2.24, 2.45) is 7.05 Å². The molecule has 4 heterocycles. The van der Waals surface area contributed by atoms with Crippen LogP contribution in [-0.4, -0.2) is 74.0 Å². The summed E-state index contributed by atoms with van der Waals surface area (Å²) < 4.78 is 22.6. The van der Waals surface area contributed by atoms with E-state index in [0.29, 0.717) is 23.2 Å². The van der Waals surface area contributed by atoms with Crippen molar-refractivity contribution in [3.63, 3.8) is 0 Å². The molecule has 5 rings (SSSR count). The van der Waals surface area contributed by atoms with Crippen molar-refractivity contribution >= 4 is 17.5 Å². The van der Waals surface area contributed by atoms with E-state index >= 15 is 0 Å². The molecule has 2 atom stereocenters. The van der Waals surface area contributed by atoms with Gasteiger partial charge in [0.2, 0.25) is 5.95 Å². The summed E-state index contributed by atoms with van der Waals surface area (Å²) in [6.45, 7) is 2.22. The third kappa shape index (κ3) is 4.57. The lowest BCUT2D eigenvalue weighted by Crippen LogP contribution is -2.56. The quantitative estimate of drug-likeness (QED) is 0.564. The second-order valence-corrected chi connectivity index (χ2v) is 9.13. The number of fused-ring (bicyclic) bond motifs is 1. The van der Waals surface area contributed by atoms with E-state index < -0.39 is 11.5 Å². The fraction of sp³-hybridized carbons (Fsp3) is 0.522. The number of aromatic nitrogens is 6. The molecule has 11 nitrogen and oxygen atoms in total. The number of anilines is 3. The van der Waals surface area contributed by atoms with Crippen LogP contribution < -0.4 is 20.6 Å². The molecule has 2 aliphatic heterocycles. The molecule has 1 aromatic carbocycles. The molecule has 3 aromatic rings. The molecule has 2 aromatic heterocycles. The lowest BCUT2D eigenvalue weighted by atomic mass is 9.88. The standard InChI is InChI=1S/C23H30FN9O2/c1-30(19-8-6-10-32-9-5-4-7-20(19)32)21-18(24)14-25-22(27-21)26-15-11-16(13-17(12-15)35-3)33-23(34)31(2)28-29-33/h11-14,19-20H,4-10H2,1-3H3,(H,25,26,27)/t19-,20+/m0/s1. The predicted molar refractivity (Wildman–Crippen MR) is 129 cm³/mol.